The van der Waals surface area contributed by atoms with Gasteiger partial charge in [0.25, 0.3) is 11.5 Å². The van der Waals surface area contributed by atoms with Crippen LogP contribution in [0.15, 0.2) is 39.9 Å². The van der Waals surface area contributed by atoms with E-state index in [-0.39, 0.29) is 23.5 Å². The summed E-state index contributed by atoms with van der Waals surface area (Å²) >= 11 is 0. The van der Waals surface area contributed by atoms with E-state index in [4.69, 9.17) is 0 Å². The van der Waals surface area contributed by atoms with Crippen molar-refractivity contribution in [3.05, 3.63) is 68.2 Å². The van der Waals surface area contributed by atoms with Crippen molar-refractivity contribution in [3.63, 3.8) is 0 Å². The number of carbonyl (C=O) groups excluding carboxylic acids is 1. The quantitative estimate of drug-likeness (QED) is 0.770. The highest BCUT2D eigenvalue weighted by atomic mass is 19.1. The highest BCUT2D eigenvalue weighted by Crippen LogP contribution is 2.25. The maximum absolute atomic E-state index is 13.2. The van der Waals surface area contributed by atoms with Crippen molar-refractivity contribution in [2.45, 2.75) is 6.04 Å². The number of nitrogens with one attached hydrogen (secondary N) is 2. The average molecular weight is 375 g/mol. The van der Waals surface area contributed by atoms with E-state index >= 15 is 0 Å². The van der Waals surface area contributed by atoms with Crippen molar-refractivity contribution >= 4 is 5.91 Å². The Balaban J connectivity index is 1.79. The maximum Gasteiger partial charge on any atom is 0.331 e. The summed E-state index contributed by atoms with van der Waals surface area (Å²) < 4.78 is 15.3. The lowest BCUT2D eigenvalue weighted by atomic mass is 9.94. The molecule has 9 heteroatoms. The first-order valence-electron chi connectivity index (χ1n) is 8.56. The molecule has 1 aliphatic heterocycles. The number of carbonyl (C=O) groups is 1. The predicted molar refractivity (Wildman–Crippen MR) is 97.7 cm³/mol. The fraction of sp³-hybridized carbons (Fsp3) is 0.389. The first-order chi connectivity index (χ1) is 12.8. The molecule has 0 radical (unpaired) electrons. The summed E-state index contributed by atoms with van der Waals surface area (Å²) in [6.45, 7) is 1.01. The molecule has 2 atom stereocenters. The number of hydrogen-bond donors (Lipinski definition) is 2. The Bertz CT molecular complexity index is 966. The van der Waals surface area contributed by atoms with Crippen molar-refractivity contribution in [2.24, 2.45) is 20.0 Å². The molecule has 3 rings (SSSR count). The van der Waals surface area contributed by atoms with Gasteiger partial charge in [-0.05, 0) is 17.7 Å². The summed E-state index contributed by atoms with van der Waals surface area (Å²) in [5.41, 5.74) is 6.09. The Hall–Kier alpha value is -2.78. The van der Waals surface area contributed by atoms with Gasteiger partial charge in [0.2, 0.25) is 0 Å². The summed E-state index contributed by atoms with van der Waals surface area (Å²) in [6.07, 6.45) is 0. The standard InChI is InChI=1S/C18H22FN5O3/c1-22(17(26)14-8-15(25)24(3)18(27)23(14)2)10-12-9-20-21-16(12)11-4-6-13(19)7-5-11/h4-8,12,16,20-21H,9-10H2,1-3H3. The van der Waals surface area contributed by atoms with Gasteiger partial charge in [-0.3, -0.25) is 24.1 Å². The number of hydrazine groups is 1. The van der Waals surface area contributed by atoms with E-state index in [1.54, 1.807) is 19.2 Å². The van der Waals surface area contributed by atoms with E-state index in [1.165, 1.54) is 41.8 Å². The molecule has 1 amide bonds. The Kier molecular flexibility index (Phi) is 5.24. The molecule has 2 unspecified atom stereocenters. The van der Waals surface area contributed by atoms with Gasteiger partial charge in [0, 0.05) is 46.2 Å². The van der Waals surface area contributed by atoms with Gasteiger partial charge in [0.1, 0.15) is 11.5 Å². The normalized spacial score (nSPS) is 19.3. The number of amides is 1. The van der Waals surface area contributed by atoms with Crippen LogP contribution in [-0.4, -0.2) is 40.1 Å². The highest BCUT2D eigenvalue weighted by molar-refractivity contribution is 5.92. The number of halogens is 1. The fourth-order valence-electron chi connectivity index (χ4n) is 3.30. The lowest BCUT2D eigenvalue weighted by Crippen LogP contribution is -2.42. The molecule has 0 bridgehead atoms. The molecular weight excluding hydrogens is 353 g/mol. The number of benzene rings is 1. The number of rotatable bonds is 4. The van der Waals surface area contributed by atoms with Crippen molar-refractivity contribution in [1.29, 1.82) is 0 Å². The van der Waals surface area contributed by atoms with Crippen LogP contribution in [0.25, 0.3) is 0 Å². The SMILES string of the molecule is CN(CC1CNNC1c1ccc(F)cc1)C(=O)c1cc(=O)n(C)c(=O)n1C. The van der Waals surface area contributed by atoms with Gasteiger partial charge in [0.05, 0.1) is 6.04 Å². The molecule has 2 aromatic rings. The second-order valence-corrected chi connectivity index (χ2v) is 6.77. The molecule has 1 fully saturated rings. The van der Waals surface area contributed by atoms with Gasteiger partial charge >= 0.3 is 5.69 Å². The zero-order chi connectivity index (χ0) is 19.7. The van der Waals surface area contributed by atoms with Gasteiger partial charge in [-0.15, -0.1) is 0 Å². The van der Waals surface area contributed by atoms with Crippen molar-refractivity contribution in [1.82, 2.24) is 24.9 Å². The summed E-state index contributed by atoms with van der Waals surface area (Å²) in [5.74, 6) is -0.676. The third-order valence-corrected chi connectivity index (χ3v) is 4.92. The van der Waals surface area contributed by atoms with Gasteiger partial charge in [-0.2, -0.15) is 0 Å². The number of nitrogens with zero attached hydrogens (tertiary/aromatic N) is 3. The van der Waals surface area contributed by atoms with Crippen LogP contribution in [0.1, 0.15) is 22.1 Å². The lowest BCUT2D eigenvalue weighted by molar-refractivity contribution is 0.0759. The molecular formula is C18H22FN5O3. The molecule has 1 saturated heterocycles. The number of aromatic nitrogens is 2. The van der Waals surface area contributed by atoms with Gasteiger partial charge in [0.15, 0.2) is 0 Å². The lowest BCUT2D eigenvalue weighted by Gasteiger charge is -2.25. The third kappa shape index (κ3) is 3.69. The maximum atomic E-state index is 13.2. The first-order valence-corrected chi connectivity index (χ1v) is 8.56. The van der Waals surface area contributed by atoms with Crippen molar-refractivity contribution < 1.29 is 9.18 Å². The average Bonchev–Trinajstić information content (AvgIpc) is 3.11. The van der Waals surface area contributed by atoms with E-state index in [2.05, 4.69) is 10.9 Å². The van der Waals surface area contributed by atoms with Crippen LogP contribution in [0.2, 0.25) is 0 Å². The first kappa shape index (κ1) is 19.0. The molecule has 144 valence electrons. The molecule has 1 aromatic carbocycles. The summed E-state index contributed by atoms with van der Waals surface area (Å²) in [7, 11) is 4.46. The minimum absolute atomic E-state index is 0.0352. The van der Waals surface area contributed by atoms with Crippen LogP contribution < -0.4 is 22.1 Å². The van der Waals surface area contributed by atoms with Crippen LogP contribution in [0.5, 0.6) is 0 Å². The van der Waals surface area contributed by atoms with Crippen molar-refractivity contribution in [2.75, 3.05) is 20.1 Å². The zero-order valence-corrected chi connectivity index (χ0v) is 15.4. The van der Waals surface area contributed by atoms with Gasteiger partial charge < -0.3 is 4.90 Å². The molecule has 0 spiro atoms. The minimum Gasteiger partial charge on any atom is -0.340 e. The van der Waals surface area contributed by atoms with E-state index < -0.39 is 17.2 Å². The number of hydrogen-bond acceptors (Lipinski definition) is 5. The van der Waals surface area contributed by atoms with E-state index in [0.717, 1.165) is 10.1 Å². The second kappa shape index (κ2) is 7.45. The largest absolute Gasteiger partial charge is 0.340 e. The Morgan fingerprint density at radius 3 is 2.56 bits per heavy atom. The Morgan fingerprint density at radius 1 is 1.22 bits per heavy atom. The molecule has 0 saturated carbocycles. The minimum atomic E-state index is -0.548. The van der Waals surface area contributed by atoms with E-state index in [9.17, 15) is 18.8 Å². The second-order valence-electron chi connectivity index (χ2n) is 6.77. The smallest absolute Gasteiger partial charge is 0.331 e. The van der Waals surface area contributed by atoms with Crippen LogP contribution in [0, 0.1) is 11.7 Å². The fourth-order valence-corrected chi connectivity index (χ4v) is 3.30. The Labute approximate surface area is 155 Å². The molecule has 27 heavy (non-hydrogen) atoms. The zero-order valence-electron chi connectivity index (χ0n) is 15.4. The molecule has 2 N–H and O–H groups in total. The van der Waals surface area contributed by atoms with E-state index in [0.29, 0.717) is 13.1 Å². The Morgan fingerprint density at radius 2 is 1.89 bits per heavy atom. The van der Waals surface area contributed by atoms with Crippen molar-refractivity contribution in [3.8, 4) is 0 Å². The van der Waals surface area contributed by atoms with Crippen LogP contribution in [0.3, 0.4) is 0 Å². The monoisotopic (exact) mass is 375 g/mol. The summed E-state index contributed by atoms with van der Waals surface area (Å²) in [6, 6.07) is 7.29. The van der Waals surface area contributed by atoms with E-state index in [1.807, 2.05) is 0 Å². The summed E-state index contributed by atoms with van der Waals surface area (Å²) in [5, 5.41) is 0. The third-order valence-electron chi connectivity index (χ3n) is 4.92. The molecule has 1 aliphatic rings. The predicted octanol–water partition coefficient (Wildman–Crippen LogP) is -0.240. The molecule has 0 aliphatic carbocycles. The van der Waals surface area contributed by atoms with Gasteiger partial charge in [-0.1, -0.05) is 12.1 Å². The van der Waals surface area contributed by atoms with Crippen LogP contribution >= 0.6 is 0 Å². The highest BCUT2D eigenvalue weighted by Gasteiger charge is 2.31. The van der Waals surface area contributed by atoms with Crippen LogP contribution in [0.4, 0.5) is 4.39 Å². The molecule has 1 aromatic heterocycles. The molecule has 8 nitrogen and oxygen atoms in total. The molecule has 2 heterocycles. The van der Waals surface area contributed by atoms with Gasteiger partial charge in [-0.25, -0.2) is 14.6 Å². The van der Waals surface area contributed by atoms with Crippen LogP contribution in [-0.2, 0) is 14.1 Å². The topological polar surface area (TPSA) is 88.4 Å². The summed E-state index contributed by atoms with van der Waals surface area (Å²) in [4.78, 5) is 38.2.